The molecule has 0 aliphatic rings. The van der Waals surface area contributed by atoms with Crippen LogP contribution in [0.5, 0.6) is 0 Å². The predicted octanol–water partition coefficient (Wildman–Crippen LogP) is 1.24. The van der Waals surface area contributed by atoms with Gasteiger partial charge >= 0.3 is 0 Å². The van der Waals surface area contributed by atoms with Crippen LogP contribution in [-0.2, 0) is 11.8 Å². The second kappa shape index (κ2) is 5.78. The predicted molar refractivity (Wildman–Crippen MR) is 55.9 cm³/mol. The van der Waals surface area contributed by atoms with Crippen molar-refractivity contribution in [2.75, 3.05) is 13.2 Å². The van der Waals surface area contributed by atoms with Crippen molar-refractivity contribution in [3.05, 3.63) is 18.0 Å². The minimum atomic E-state index is -0.00643. The molecule has 4 heteroatoms. The Kier molecular flexibility index (Phi) is 4.62. The van der Waals surface area contributed by atoms with E-state index in [0.717, 1.165) is 25.1 Å². The molecule has 2 N–H and O–H groups in total. The Bertz CT molecular complexity index is 260. The van der Waals surface area contributed by atoms with E-state index in [9.17, 15) is 0 Å². The van der Waals surface area contributed by atoms with Crippen molar-refractivity contribution in [1.82, 2.24) is 9.78 Å². The summed E-state index contributed by atoms with van der Waals surface area (Å²) in [6, 6.07) is 1.94. The zero-order valence-electron chi connectivity index (χ0n) is 8.94. The monoisotopic (exact) mass is 197 g/mol. The second-order valence-corrected chi connectivity index (χ2v) is 3.42. The van der Waals surface area contributed by atoms with Gasteiger partial charge in [0.25, 0.3) is 0 Å². The largest absolute Gasteiger partial charge is 0.381 e. The number of aryl methyl sites for hydroxylation is 1. The third-order valence-corrected chi connectivity index (χ3v) is 2.04. The lowest BCUT2D eigenvalue weighted by Crippen LogP contribution is -2.14. The molecule has 0 fully saturated rings. The SMILES string of the molecule is CCCOCCC(N)c1ccn(C)n1. The van der Waals surface area contributed by atoms with Crippen LogP contribution < -0.4 is 5.73 Å². The Balaban J connectivity index is 2.25. The molecule has 1 unspecified atom stereocenters. The summed E-state index contributed by atoms with van der Waals surface area (Å²) in [5, 5.41) is 4.25. The number of hydrogen-bond acceptors (Lipinski definition) is 3. The van der Waals surface area contributed by atoms with Gasteiger partial charge in [-0.05, 0) is 18.9 Å². The van der Waals surface area contributed by atoms with Crippen molar-refractivity contribution in [2.45, 2.75) is 25.8 Å². The molecule has 1 rings (SSSR count). The van der Waals surface area contributed by atoms with Crippen LogP contribution in [0.15, 0.2) is 12.3 Å². The molecule has 0 saturated carbocycles. The molecule has 0 aromatic carbocycles. The van der Waals surface area contributed by atoms with Gasteiger partial charge in [-0.1, -0.05) is 6.92 Å². The van der Waals surface area contributed by atoms with E-state index in [0.29, 0.717) is 6.61 Å². The summed E-state index contributed by atoms with van der Waals surface area (Å²) in [5.74, 6) is 0. The second-order valence-electron chi connectivity index (χ2n) is 3.42. The number of nitrogens with two attached hydrogens (primary N) is 1. The van der Waals surface area contributed by atoms with Gasteiger partial charge in [-0.3, -0.25) is 4.68 Å². The van der Waals surface area contributed by atoms with Crippen molar-refractivity contribution in [3.8, 4) is 0 Å². The first-order chi connectivity index (χ1) is 6.74. The lowest BCUT2D eigenvalue weighted by Gasteiger charge is -2.08. The summed E-state index contributed by atoms with van der Waals surface area (Å²) in [6.45, 7) is 3.62. The van der Waals surface area contributed by atoms with Crippen molar-refractivity contribution in [2.24, 2.45) is 12.8 Å². The molecule has 80 valence electrons. The van der Waals surface area contributed by atoms with Gasteiger partial charge in [0.2, 0.25) is 0 Å². The number of ether oxygens (including phenoxy) is 1. The highest BCUT2D eigenvalue weighted by Gasteiger charge is 2.07. The Labute approximate surface area is 85.0 Å². The average Bonchev–Trinajstić information content (AvgIpc) is 2.59. The Morgan fingerprint density at radius 1 is 1.57 bits per heavy atom. The van der Waals surface area contributed by atoms with Crippen LogP contribution in [-0.4, -0.2) is 23.0 Å². The molecular weight excluding hydrogens is 178 g/mol. The van der Waals surface area contributed by atoms with E-state index in [1.54, 1.807) is 4.68 Å². The zero-order chi connectivity index (χ0) is 10.4. The quantitative estimate of drug-likeness (QED) is 0.698. The molecule has 1 aromatic rings. The normalized spacial score (nSPS) is 13.1. The molecule has 0 amide bonds. The maximum absolute atomic E-state index is 5.93. The van der Waals surface area contributed by atoms with Gasteiger partial charge in [-0.25, -0.2) is 0 Å². The molecular formula is C10H19N3O. The summed E-state index contributed by atoms with van der Waals surface area (Å²) in [6.07, 6.45) is 3.79. The van der Waals surface area contributed by atoms with Gasteiger partial charge in [-0.2, -0.15) is 5.10 Å². The molecule has 14 heavy (non-hydrogen) atoms. The van der Waals surface area contributed by atoms with Gasteiger partial charge in [0.1, 0.15) is 0 Å². The van der Waals surface area contributed by atoms with E-state index in [1.165, 1.54) is 0 Å². The van der Waals surface area contributed by atoms with Crippen LogP contribution in [0.25, 0.3) is 0 Å². The molecule has 0 aliphatic heterocycles. The fourth-order valence-corrected chi connectivity index (χ4v) is 1.24. The topological polar surface area (TPSA) is 53.1 Å². The molecule has 0 aliphatic carbocycles. The lowest BCUT2D eigenvalue weighted by molar-refractivity contribution is 0.127. The van der Waals surface area contributed by atoms with E-state index in [-0.39, 0.29) is 6.04 Å². The maximum atomic E-state index is 5.93. The fraction of sp³-hybridized carbons (Fsp3) is 0.700. The Morgan fingerprint density at radius 3 is 2.93 bits per heavy atom. The van der Waals surface area contributed by atoms with E-state index in [1.807, 2.05) is 19.3 Å². The molecule has 4 nitrogen and oxygen atoms in total. The first kappa shape index (κ1) is 11.2. The van der Waals surface area contributed by atoms with Crippen LogP contribution in [0.4, 0.5) is 0 Å². The van der Waals surface area contributed by atoms with Crippen LogP contribution in [0.3, 0.4) is 0 Å². The Morgan fingerprint density at radius 2 is 2.36 bits per heavy atom. The number of aromatic nitrogens is 2. The highest BCUT2D eigenvalue weighted by molar-refractivity contribution is 5.04. The number of nitrogens with zero attached hydrogens (tertiary/aromatic N) is 2. The van der Waals surface area contributed by atoms with E-state index in [4.69, 9.17) is 10.5 Å². The molecule has 0 radical (unpaired) electrons. The average molecular weight is 197 g/mol. The van der Waals surface area contributed by atoms with Gasteiger partial charge in [0, 0.05) is 26.5 Å². The molecule has 0 saturated heterocycles. The van der Waals surface area contributed by atoms with Gasteiger partial charge in [0.15, 0.2) is 0 Å². The first-order valence-corrected chi connectivity index (χ1v) is 5.07. The zero-order valence-corrected chi connectivity index (χ0v) is 8.94. The van der Waals surface area contributed by atoms with Crippen molar-refractivity contribution >= 4 is 0 Å². The summed E-state index contributed by atoms with van der Waals surface area (Å²) >= 11 is 0. The number of hydrogen-bond donors (Lipinski definition) is 1. The third-order valence-electron chi connectivity index (χ3n) is 2.04. The van der Waals surface area contributed by atoms with Crippen LogP contribution in [0.1, 0.15) is 31.5 Å². The summed E-state index contributed by atoms with van der Waals surface area (Å²) in [5.41, 5.74) is 6.87. The van der Waals surface area contributed by atoms with Crippen LogP contribution in [0.2, 0.25) is 0 Å². The molecule has 1 heterocycles. The minimum Gasteiger partial charge on any atom is -0.381 e. The smallest absolute Gasteiger partial charge is 0.0792 e. The first-order valence-electron chi connectivity index (χ1n) is 5.07. The van der Waals surface area contributed by atoms with Gasteiger partial charge in [-0.15, -0.1) is 0 Å². The molecule has 1 aromatic heterocycles. The van der Waals surface area contributed by atoms with Crippen LogP contribution >= 0.6 is 0 Å². The number of rotatable bonds is 6. The summed E-state index contributed by atoms with van der Waals surface area (Å²) in [7, 11) is 1.89. The molecule has 0 bridgehead atoms. The van der Waals surface area contributed by atoms with E-state index >= 15 is 0 Å². The van der Waals surface area contributed by atoms with Crippen molar-refractivity contribution < 1.29 is 4.74 Å². The standard InChI is InChI=1S/C10H19N3O/c1-3-7-14-8-5-9(11)10-4-6-13(2)12-10/h4,6,9H,3,5,7-8,11H2,1-2H3. The van der Waals surface area contributed by atoms with Gasteiger partial charge in [0.05, 0.1) is 11.7 Å². The third kappa shape index (κ3) is 3.47. The van der Waals surface area contributed by atoms with Crippen molar-refractivity contribution in [1.29, 1.82) is 0 Å². The molecule has 0 spiro atoms. The maximum Gasteiger partial charge on any atom is 0.0792 e. The minimum absolute atomic E-state index is 0.00643. The summed E-state index contributed by atoms with van der Waals surface area (Å²) in [4.78, 5) is 0. The van der Waals surface area contributed by atoms with Crippen LogP contribution in [0, 0.1) is 0 Å². The highest BCUT2D eigenvalue weighted by Crippen LogP contribution is 2.10. The molecule has 1 atom stereocenters. The Hall–Kier alpha value is -0.870. The van der Waals surface area contributed by atoms with E-state index in [2.05, 4.69) is 12.0 Å². The van der Waals surface area contributed by atoms with Gasteiger partial charge < -0.3 is 10.5 Å². The fourth-order valence-electron chi connectivity index (χ4n) is 1.24. The highest BCUT2D eigenvalue weighted by atomic mass is 16.5. The van der Waals surface area contributed by atoms with E-state index < -0.39 is 0 Å². The summed E-state index contributed by atoms with van der Waals surface area (Å²) < 4.78 is 7.13. The van der Waals surface area contributed by atoms with Crippen molar-refractivity contribution in [3.63, 3.8) is 0 Å². The lowest BCUT2D eigenvalue weighted by atomic mass is 10.2.